The zero-order valence-electron chi connectivity index (χ0n) is 10.5. The molecule has 0 radical (unpaired) electrons. The van der Waals surface area contributed by atoms with Crippen LogP contribution in [0.4, 0.5) is 0 Å². The van der Waals surface area contributed by atoms with Crippen LogP contribution >= 0.6 is 11.3 Å². The highest BCUT2D eigenvalue weighted by Gasteiger charge is 2.15. The summed E-state index contributed by atoms with van der Waals surface area (Å²) in [6, 6.07) is 3.59. The number of ether oxygens (including phenoxy) is 1. The van der Waals surface area contributed by atoms with Gasteiger partial charge in [-0.2, -0.15) is 0 Å². The summed E-state index contributed by atoms with van der Waals surface area (Å²) < 4.78 is 5.22. The largest absolute Gasteiger partial charge is 0.395 e. The molecule has 1 aromatic heterocycles. The first-order chi connectivity index (χ1) is 9.29. The van der Waals surface area contributed by atoms with E-state index in [1.165, 1.54) is 11.3 Å². The van der Waals surface area contributed by atoms with E-state index in [1.54, 1.807) is 6.07 Å². The summed E-state index contributed by atoms with van der Waals surface area (Å²) in [7, 11) is 0. The van der Waals surface area contributed by atoms with E-state index in [-0.39, 0.29) is 12.5 Å². The number of nitrogens with one attached hydrogen (secondary N) is 1. The predicted octanol–water partition coefficient (Wildman–Crippen LogP) is 0.459. The van der Waals surface area contributed by atoms with Crippen LogP contribution in [-0.2, 0) is 4.74 Å². The topological polar surface area (TPSA) is 61.8 Å². The molecular weight excluding hydrogens is 264 g/mol. The van der Waals surface area contributed by atoms with Crippen LogP contribution in [0.3, 0.4) is 0 Å². The van der Waals surface area contributed by atoms with Gasteiger partial charge in [-0.1, -0.05) is 11.8 Å². The summed E-state index contributed by atoms with van der Waals surface area (Å²) in [5.41, 5.74) is 2.85. The van der Waals surface area contributed by atoms with Crippen molar-refractivity contribution in [3.63, 3.8) is 0 Å². The number of aliphatic hydroxyl groups is 1. The third-order valence-corrected chi connectivity index (χ3v) is 3.55. The Hall–Kier alpha value is -1.39. The molecule has 0 unspecified atom stereocenters. The van der Waals surface area contributed by atoms with E-state index < -0.39 is 0 Å². The van der Waals surface area contributed by atoms with Gasteiger partial charge in [0, 0.05) is 19.5 Å². The summed E-state index contributed by atoms with van der Waals surface area (Å²) in [6.45, 7) is 2.76. The Morgan fingerprint density at radius 3 is 3.00 bits per heavy atom. The predicted molar refractivity (Wildman–Crippen MR) is 72.8 cm³/mol. The maximum atomic E-state index is 12.0. The van der Waals surface area contributed by atoms with E-state index in [9.17, 15) is 4.79 Å². The molecule has 2 heterocycles. The molecule has 1 aliphatic heterocycles. The molecule has 1 amide bonds. The smallest absolute Gasteiger partial charge is 0.275 e. The Morgan fingerprint density at radius 1 is 1.47 bits per heavy atom. The molecule has 0 bridgehead atoms. The van der Waals surface area contributed by atoms with Gasteiger partial charge < -0.3 is 9.84 Å². The lowest BCUT2D eigenvalue weighted by atomic mass is 10.4. The van der Waals surface area contributed by atoms with Crippen molar-refractivity contribution >= 4 is 17.2 Å². The molecular formula is C13H16N2O3S. The molecule has 1 fully saturated rings. The molecule has 1 aliphatic rings. The average Bonchev–Trinajstić information content (AvgIpc) is 2.89. The molecule has 6 heteroatoms. The number of amides is 1. The Kier molecular flexibility index (Phi) is 5.36. The number of hydrazine groups is 1. The minimum absolute atomic E-state index is 0.0583. The van der Waals surface area contributed by atoms with Crippen LogP contribution in [-0.4, -0.2) is 48.9 Å². The van der Waals surface area contributed by atoms with Gasteiger partial charge in [0.15, 0.2) is 0 Å². The van der Waals surface area contributed by atoms with Crippen LogP contribution in [0.2, 0.25) is 0 Å². The van der Waals surface area contributed by atoms with Crippen LogP contribution in [0, 0.1) is 11.8 Å². The summed E-state index contributed by atoms with van der Waals surface area (Å²) in [4.78, 5) is 13.5. The number of rotatable bonds is 3. The van der Waals surface area contributed by atoms with E-state index in [0.717, 1.165) is 4.88 Å². The van der Waals surface area contributed by atoms with E-state index >= 15 is 0 Å². The second-order valence-corrected chi connectivity index (χ2v) is 5.06. The van der Waals surface area contributed by atoms with Crippen molar-refractivity contribution in [3.05, 3.63) is 21.9 Å². The van der Waals surface area contributed by atoms with Gasteiger partial charge in [-0.05, 0) is 12.1 Å². The number of nitrogens with zero attached hydrogens (tertiary/aromatic N) is 1. The number of morpholine rings is 1. The minimum atomic E-state index is -0.109. The molecule has 1 saturated heterocycles. The van der Waals surface area contributed by atoms with Crippen molar-refractivity contribution < 1.29 is 14.6 Å². The highest BCUT2D eigenvalue weighted by atomic mass is 32.1. The first-order valence-corrected chi connectivity index (χ1v) is 6.94. The number of thiophene rings is 1. The molecule has 2 N–H and O–H groups in total. The number of hydrogen-bond acceptors (Lipinski definition) is 5. The van der Waals surface area contributed by atoms with Crippen molar-refractivity contribution in [2.75, 3.05) is 32.9 Å². The molecule has 0 atom stereocenters. The van der Waals surface area contributed by atoms with Crippen molar-refractivity contribution in [3.8, 4) is 11.8 Å². The van der Waals surface area contributed by atoms with Crippen LogP contribution in [0.15, 0.2) is 12.1 Å². The second-order valence-electron chi connectivity index (χ2n) is 3.98. The SMILES string of the molecule is O=C(NN1CCOCC1)c1ccc(C#CCCO)s1. The highest BCUT2D eigenvalue weighted by Crippen LogP contribution is 2.15. The number of carbonyl (C=O) groups excluding carboxylic acids is 1. The van der Waals surface area contributed by atoms with Crippen LogP contribution in [0.5, 0.6) is 0 Å². The van der Waals surface area contributed by atoms with Crippen LogP contribution in [0.25, 0.3) is 0 Å². The number of aliphatic hydroxyl groups excluding tert-OH is 1. The van der Waals surface area contributed by atoms with Gasteiger partial charge in [-0.25, -0.2) is 5.01 Å². The summed E-state index contributed by atoms with van der Waals surface area (Å²) in [5.74, 6) is 5.65. The summed E-state index contributed by atoms with van der Waals surface area (Å²) in [5, 5.41) is 10.5. The van der Waals surface area contributed by atoms with Gasteiger partial charge in [-0.15, -0.1) is 11.3 Å². The lowest BCUT2D eigenvalue weighted by Crippen LogP contribution is -2.48. The lowest BCUT2D eigenvalue weighted by molar-refractivity contribution is 0.0127. The monoisotopic (exact) mass is 280 g/mol. The first kappa shape index (κ1) is 14.0. The fourth-order valence-electron chi connectivity index (χ4n) is 1.61. The fourth-order valence-corrected chi connectivity index (χ4v) is 2.38. The third kappa shape index (κ3) is 4.33. The second kappa shape index (κ2) is 7.26. The fraction of sp³-hybridized carbons (Fsp3) is 0.462. The molecule has 0 aromatic carbocycles. The zero-order valence-corrected chi connectivity index (χ0v) is 11.3. The minimum Gasteiger partial charge on any atom is -0.395 e. The lowest BCUT2D eigenvalue weighted by Gasteiger charge is -2.26. The summed E-state index contributed by atoms with van der Waals surface area (Å²) >= 11 is 1.35. The van der Waals surface area contributed by atoms with E-state index in [2.05, 4.69) is 17.3 Å². The van der Waals surface area contributed by atoms with Gasteiger partial charge in [0.25, 0.3) is 5.91 Å². The van der Waals surface area contributed by atoms with Gasteiger partial charge >= 0.3 is 0 Å². The standard InChI is InChI=1S/C13H16N2O3S/c16-8-2-1-3-11-4-5-12(19-11)13(17)14-15-6-9-18-10-7-15/h4-5,16H,2,6-10H2,(H,14,17). The Balaban J connectivity index is 1.90. The first-order valence-electron chi connectivity index (χ1n) is 6.13. The molecule has 2 rings (SSSR count). The molecule has 1 aromatic rings. The molecule has 19 heavy (non-hydrogen) atoms. The summed E-state index contributed by atoms with van der Waals surface area (Å²) in [6.07, 6.45) is 0.452. The number of carbonyl (C=O) groups is 1. The maximum Gasteiger partial charge on any atom is 0.275 e. The van der Waals surface area contributed by atoms with Crippen molar-refractivity contribution in [1.29, 1.82) is 0 Å². The van der Waals surface area contributed by atoms with Gasteiger partial charge in [-0.3, -0.25) is 10.2 Å². The van der Waals surface area contributed by atoms with Crippen molar-refractivity contribution in [1.82, 2.24) is 10.4 Å². The van der Waals surface area contributed by atoms with E-state index in [1.807, 2.05) is 11.1 Å². The molecule has 102 valence electrons. The normalized spacial score (nSPS) is 15.6. The highest BCUT2D eigenvalue weighted by molar-refractivity contribution is 7.14. The van der Waals surface area contributed by atoms with Crippen molar-refractivity contribution in [2.24, 2.45) is 0 Å². The quantitative estimate of drug-likeness (QED) is 0.790. The van der Waals surface area contributed by atoms with E-state index in [4.69, 9.17) is 9.84 Å². The van der Waals surface area contributed by atoms with Gasteiger partial charge in [0.2, 0.25) is 0 Å². The van der Waals surface area contributed by atoms with Gasteiger partial charge in [0.1, 0.15) is 0 Å². The van der Waals surface area contributed by atoms with Crippen molar-refractivity contribution in [2.45, 2.75) is 6.42 Å². The molecule has 5 nitrogen and oxygen atoms in total. The van der Waals surface area contributed by atoms with Crippen LogP contribution in [0.1, 0.15) is 21.0 Å². The number of hydrogen-bond donors (Lipinski definition) is 2. The average molecular weight is 280 g/mol. The van der Waals surface area contributed by atoms with E-state index in [0.29, 0.717) is 37.6 Å². The zero-order chi connectivity index (χ0) is 13.5. The molecule has 0 saturated carbocycles. The van der Waals surface area contributed by atoms with Gasteiger partial charge in [0.05, 0.1) is 29.6 Å². The maximum absolute atomic E-state index is 12.0. The third-order valence-electron chi connectivity index (χ3n) is 2.55. The Labute approximate surface area is 116 Å². The van der Waals surface area contributed by atoms with Crippen LogP contribution < -0.4 is 5.43 Å². The Bertz CT molecular complexity index is 484. The molecule has 0 spiro atoms. The molecule has 0 aliphatic carbocycles. The Morgan fingerprint density at radius 2 is 2.26 bits per heavy atom.